The van der Waals surface area contributed by atoms with Crippen molar-refractivity contribution in [1.29, 1.82) is 0 Å². The highest BCUT2D eigenvalue weighted by Crippen LogP contribution is 2.37. The van der Waals surface area contributed by atoms with Gasteiger partial charge in [0.25, 0.3) is 0 Å². The van der Waals surface area contributed by atoms with Gasteiger partial charge in [-0.2, -0.15) is 0 Å². The third kappa shape index (κ3) is 2.58. The summed E-state index contributed by atoms with van der Waals surface area (Å²) in [5.74, 6) is 1.63. The van der Waals surface area contributed by atoms with Gasteiger partial charge in [-0.3, -0.25) is 4.79 Å². The van der Waals surface area contributed by atoms with Crippen molar-refractivity contribution in [2.75, 3.05) is 14.2 Å². The van der Waals surface area contributed by atoms with E-state index in [0.29, 0.717) is 6.42 Å². The Bertz CT molecular complexity index is 409. The normalized spacial score (nSPS) is 19.9. The van der Waals surface area contributed by atoms with Crippen LogP contribution in [0.25, 0.3) is 0 Å². The molecular formula is C14H19NO3. The van der Waals surface area contributed by atoms with Crippen molar-refractivity contribution in [2.45, 2.75) is 31.7 Å². The third-order valence-electron chi connectivity index (χ3n) is 3.30. The largest absolute Gasteiger partial charge is 0.496 e. The van der Waals surface area contributed by atoms with Gasteiger partial charge < -0.3 is 14.8 Å². The fraction of sp³-hybridized carbons (Fsp3) is 0.500. The van der Waals surface area contributed by atoms with E-state index >= 15 is 0 Å². The molecule has 2 rings (SSSR count). The lowest BCUT2D eigenvalue weighted by atomic mass is 10.00. The summed E-state index contributed by atoms with van der Waals surface area (Å²) in [7, 11) is 3.27. The summed E-state index contributed by atoms with van der Waals surface area (Å²) in [6.45, 7) is 0. The highest BCUT2D eigenvalue weighted by Gasteiger charge is 2.24. The van der Waals surface area contributed by atoms with Crippen molar-refractivity contribution in [3.05, 3.63) is 23.8 Å². The van der Waals surface area contributed by atoms with E-state index in [1.807, 2.05) is 18.2 Å². The van der Waals surface area contributed by atoms with Crippen LogP contribution < -0.4 is 14.8 Å². The van der Waals surface area contributed by atoms with Gasteiger partial charge >= 0.3 is 0 Å². The third-order valence-corrected chi connectivity index (χ3v) is 3.30. The summed E-state index contributed by atoms with van der Waals surface area (Å²) in [6, 6.07) is 5.66. The summed E-state index contributed by atoms with van der Waals surface area (Å²) in [5.41, 5.74) is 0.942. The summed E-state index contributed by atoms with van der Waals surface area (Å²) < 4.78 is 10.8. The maximum absolute atomic E-state index is 11.7. The van der Waals surface area contributed by atoms with E-state index in [2.05, 4.69) is 5.32 Å². The first kappa shape index (κ1) is 12.7. The van der Waals surface area contributed by atoms with Crippen LogP contribution in [-0.4, -0.2) is 20.1 Å². The van der Waals surface area contributed by atoms with E-state index in [-0.39, 0.29) is 11.9 Å². The number of carbonyl (C=O) groups is 1. The van der Waals surface area contributed by atoms with Crippen LogP contribution in [0.4, 0.5) is 0 Å². The van der Waals surface area contributed by atoms with E-state index in [4.69, 9.17) is 9.47 Å². The number of rotatable bonds is 3. The molecule has 1 atom stereocenters. The van der Waals surface area contributed by atoms with E-state index in [1.54, 1.807) is 14.2 Å². The van der Waals surface area contributed by atoms with E-state index < -0.39 is 0 Å². The Hall–Kier alpha value is -1.71. The van der Waals surface area contributed by atoms with Crippen molar-refractivity contribution in [3.8, 4) is 11.5 Å². The molecule has 1 fully saturated rings. The Balaban J connectivity index is 2.37. The minimum Gasteiger partial charge on any atom is -0.496 e. The topological polar surface area (TPSA) is 47.6 Å². The fourth-order valence-electron chi connectivity index (χ4n) is 2.41. The van der Waals surface area contributed by atoms with Gasteiger partial charge in [0.2, 0.25) is 5.91 Å². The van der Waals surface area contributed by atoms with Crippen LogP contribution in [0.2, 0.25) is 0 Å². The zero-order chi connectivity index (χ0) is 13.0. The van der Waals surface area contributed by atoms with Gasteiger partial charge in [0.1, 0.15) is 11.5 Å². The number of carbonyl (C=O) groups excluding carboxylic acids is 1. The monoisotopic (exact) mass is 249 g/mol. The number of methoxy groups -OCH3 is 2. The molecule has 0 unspecified atom stereocenters. The van der Waals surface area contributed by atoms with E-state index in [0.717, 1.165) is 36.3 Å². The van der Waals surface area contributed by atoms with Crippen molar-refractivity contribution in [1.82, 2.24) is 5.32 Å². The molecule has 1 heterocycles. The van der Waals surface area contributed by atoms with Gasteiger partial charge in [0, 0.05) is 6.42 Å². The number of hydrogen-bond acceptors (Lipinski definition) is 3. The minimum atomic E-state index is -0.0221. The van der Waals surface area contributed by atoms with Crippen molar-refractivity contribution in [2.24, 2.45) is 0 Å². The second-order valence-electron chi connectivity index (χ2n) is 4.44. The predicted molar refractivity (Wildman–Crippen MR) is 68.9 cm³/mol. The molecule has 1 aliphatic heterocycles. The average Bonchev–Trinajstić information content (AvgIpc) is 2.62. The lowest BCUT2D eigenvalue weighted by molar-refractivity contribution is -0.121. The smallest absolute Gasteiger partial charge is 0.220 e. The van der Waals surface area contributed by atoms with Crippen LogP contribution in [0.5, 0.6) is 11.5 Å². The molecule has 0 bridgehead atoms. The minimum absolute atomic E-state index is 0.0221. The van der Waals surface area contributed by atoms with Crippen molar-refractivity contribution in [3.63, 3.8) is 0 Å². The molecule has 1 aromatic rings. The molecule has 4 heteroatoms. The molecule has 0 spiro atoms. The maximum Gasteiger partial charge on any atom is 0.220 e. The molecular weight excluding hydrogens is 230 g/mol. The SMILES string of the molecule is COc1cccc(OC)c1[C@@H]1CCCCC(=O)N1. The van der Waals surface area contributed by atoms with Crippen LogP contribution in [0.15, 0.2) is 18.2 Å². The molecule has 1 amide bonds. The Morgan fingerprint density at radius 2 is 1.83 bits per heavy atom. The van der Waals surface area contributed by atoms with Crippen LogP contribution in [-0.2, 0) is 4.79 Å². The zero-order valence-electron chi connectivity index (χ0n) is 10.9. The summed E-state index contributed by atoms with van der Waals surface area (Å²) in [6.07, 6.45) is 3.50. The second kappa shape index (κ2) is 5.76. The average molecular weight is 249 g/mol. The molecule has 0 aromatic heterocycles. The fourth-order valence-corrected chi connectivity index (χ4v) is 2.41. The second-order valence-corrected chi connectivity index (χ2v) is 4.44. The van der Waals surface area contributed by atoms with Crippen LogP contribution in [0, 0.1) is 0 Å². The molecule has 98 valence electrons. The van der Waals surface area contributed by atoms with Gasteiger partial charge in [0.15, 0.2) is 0 Å². The maximum atomic E-state index is 11.7. The lowest BCUT2D eigenvalue weighted by Gasteiger charge is -2.21. The lowest BCUT2D eigenvalue weighted by Crippen LogP contribution is -2.26. The highest BCUT2D eigenvalue weighted by molar-refractivity contribution is 5.77. The Morgan fingerprint density at radius 1 is 1.17 bits per heavy atom. The molecule has 4 nitrogen and oxygen atoms in total. The number of nitrogens with one attached hydrogen (secondary N) is 1. The summed E-state index contributed by atoms with van der Waals surface area (Å²) in [5, 5.41) is 3.05. The molecule has 1 N–H and O–H groups in total. The quantitative estimate of drug-likeness (QED) is 0.895. The Labute approximate surface area is 107 Å². The standard InChI is InChI=1S/C14H19NO3/c1-17-11-7-5-8-12(18-2)14(11)10-6-3-4-9-13(16)15-10/h5,7-8,10H,3-4,6,9H2,1-2H3,(H,15,16)/t10-/m0/s1. The van der Waals surface area contributed by atoms with Crippen LogP contribution in [0.1, 0.15) is 37.3 Å². The molecule has 1 aliphatic rings. The number of amides is 1. The molecule has 0 radical (unpaired) electrons. The van der Waals surface area contributed by atoms with Gasteiger partial charge in [-0.25, -0.2) is 0 Å². The first-order chi connectivity index (χ1) is 8.76. The summed E-state index contributed by atoms with van der Waals surface area (Å²) in [4.78, 5) is 11.7. The zero-order valence-corrected chi connectivity index (χ0v) is 10.9. The van der Waals surface area contributed by atoms with Gasteiger partial charge in [-0.1, -0.05) is 12.5 Å². The number of benzene rings is 1. The number of hydrogen-bond donors (Lipinski definition) is 1. The van der Waals surface area contributed by atoms with Gasteiger partial charge in [-0.15, -0.1) is 0 Å². The first-order valence-corrected chi connectivity index (χ1v) is 6.26. The van der Waals surface area contributed by atoms with Crippen LogP contribution in [0.3, 0.4) is 0 Å². The van der Waals surface area contributed by atoms with Crippen LogP contribution >= 0.6 is 0 Å². The molecule has 18 heavy (non-hydrogen) atoms. The van der Waals surface area contributed by atoms with Gasteiger partial charge in [0.05, 0.1) is 25.8 Å². The van der Waals surface area contributed by atoms with E-state index in [9.17, 15) is 4.79 Å². The number of ether oxygens (including phenoxy) is 2. The van der Waals surface area contributed by atoms with E-state index in [1.165, 1.54) is 0 Å². The summed E-state index contributed by atoms with van der Waals surface area (Å²) >= 11 is 0. The molecule has 0 saturated carbocycles. The van der Waals surface area contributed by atoms with Crippen molar-refractivity contribution < 1.29 is 14.3 Å². The van der Waals surface area contributed by atoms with Crippen molar-refractivity contribution >= 4 is 5.91 Å². The molecule has 1 aromatic carbocycles. The highest BCUT2D eigenvalue weighted by atomic mass is 16.5. The molecule has 0 aliphatic carbocycles. The Morgan fingerprint density at radius 3 is 2.44 bits per heavy atom. The predicted octanol–water partition coefficient (Wildman–Crippen LogP) is 2.44. The Kier molecular flexibility index (Phi) is 4.07. The molecule has 1 saturated heterocycles. The van der Waals surface area contributed by atoms with Gasteiger partial charge in [-0.05, 0) is 25.0 Å². The first-order valence-electron chi connectivity index (χ1n) is 6.26.